The average molecular weight is 182 g/mol. The minimum Gasteiger partial charge on any atom is -0.315 e. The zero-order valence-corrected chi connectivity index (χ0v) is 8.92. The normalized spacial score (nSPS) is 36.2. The molecule has 0 aliphatic carbocycles. The minimum absolute atomic E-state index is 0.830. The van der Waals surface area contributed by atoms with E-state index in [2.05, 4.69) is 24.1 Å². The van der Waals surface area contributed by atoms with Crippen LogP contribution in [0.3, 0.4) is 0 Å². The fraction of sp³-hybridized carbons (Fsp3) is 1.00. The van der Waals surface area contributed by atoms with Crippen molar-refractivity contribution < 1.29 is 0 Å². The van der Waals surface area contributed by atoms with Crippen LogP contribution >= 0.6 is 0 Å². The quantitative estimate of drug-likeness (QED) is 0.658. The molecular weight excluding hydrogens is 160 g/mol. The Labute approximate surface area is 81.7 Å². The van der Waals surface area contributed by atoms with E-state index in [9.17, 15) is 0 Å². The molecule has 0 amide bonds. The summed E-state index contributed by atoms with van der Waals surface area (Å²) in [6.07, 6.45) is 2.86. The van der Waals surface area contributed by atoms with E-state index in [1.165, 1.54) is 39.0 Å². The van der Waals surface area contributed by atoms with Crippen molar-refractivity contribution in [3.05, 3.63) is 0 Å². The number of fused-ring (bicyclic) bond motifs is 1. The Kier molecular flexibility index (Phi) is 2.89. The van der Waals surface area contributed by atoms with Crippen LogP contribution in [-0.4, -0.2) is 37.1 Å². The molecule has 2 unspecified atom stereocenters. The summed E-state index contributed by atoms with van der Waals surface area (Å²) in [5, 5.41) is 3.57. The topological polar surface area (TPSA) is 15.3 Å². The highest BCUT2D eigenvalue weighted by atomic mass is 15.2. The van der Waals surface area contributed by atoms with Crippen molar-refractivity contribution in [1.82, 2.24) is 10.2 Å². The van der Waals surface area contributed by atoms with Gasteiger partial charge in [-0.25, -0.2) is 0 Å². The molecule has 2 heteroatoms. The fourth-order valence-electron chi connectivity index (χ4n) is 2.92. The van der Waals surface area contributed by atoms with Crippen LogP contribution in [0, 0.1) is 11.8 Å². The second-order valence-corrected chi connectivity index (χ2v) is 4.86. The third-order valence-corrected chi connectivity index (χ3v) is 3.72. The summed E-state index contributed by atoms with van der Waals surface area (Å²) >= 11 is 0. The second kappa shape index (κ2) is 3.97. The number of hydrogen-bond acceptors (Lipinski definition) is 2. The molecule has 13 heavy (non-hydrogen) atoms. The minimum atomic E-state index is 0.830. The molecule has 0 aromatic carbocycles. The molecule has 2 heterocycles. The Morgan fingerprint density at radius 3 is 2.92 bits per heavy atom. The van der Waals surface area contributed by atoms with Crippen molar-refractivity contribution >= 4 is 0 Å². The maximum absolute atomic E-state index is 3.57. The van der Waals surface area contributed by atoms with Gasteiger partial charge in [-0.2, -0.15) is 0 Å². The van der Waals surface area contributed by atoms with E-state index in [0.717, 1.165) is 17.9 Å². The Morgan fingerprint density at radius 2 is 2.15 bits per heavy atom. The van der Waals surface area contributed by atoms with Crippen molar-refractivity contribution in [2.75, 3.05) is 26.2 Å². The lowest BCUT2D eigenvalue weighted by atomic mass is 9.87. The molecule has 1 N–H and O–H groups in total. The van der Waals surface area contributed by atoms with Crippen LogP contribution in [0.1, 0.15) is 26.7 Å². The smallest absolute Gasteiger partial charge is 0.0139 e. The molecule has 0 saturated carbocycles. The molecule has 2 rings (SSSR count). The van der Waals surface area contributed by atoms with Gasteiger partial charge in [-0.15, -0.1) is 0 Å². The number of hydrogen-bond donors (Lipinski definition) is 1. The Balaban J connectivity index is 2.06. The molecule has 0 radical (unpaired) electrons. The Morgan fingerprint density at radius 1 is 1.31 bits per heavy atom. The number of nitrogens with one attached hydrogen (secondary N) is 1. The van der Waals surface area contributed by atoms with Gasteiger partial charge >= 0.3 is 0 Å². The van der Waals surface area contributed by atoms with Gasteiger partial charge in [0.05, 0.1) is 0 Å². The van der Waals surface area contributed by atoms with Gasteiger partial charge in [0.25, 0.3) is 0 Å². The first-order chi connectivity index (χ1) is 6.29. The fourth-order valence-corrected chi connectivity index (χ4v) is 2.92. The van der Waals surface area contributed by atoms with E-state index in [4.69, 9.17) is 0 Å². The lowest BCUT2D eigenvalue weighted by Crippen LogP contribution is -2.38. The maximum Gasteiger partial charge on any atom is 0.0139 e. The zero-order chi connectivity index (χ0) is 9.26. The van der Waals surface area contributed by atoms with Gasteiger partial charge in [-0.3, -0.25) is 4.90 Å². The van der Waals surface area contributed by atoms with E-state index >= 15 is 0 Å². The Hall–Kier alpha value is -0.0800. The summed E-state index contributed by atoms with van der Waals surface area (Å²) < 4.78 is 0. The van der Waals surface area contributed by atoms with Crippen LogP contribution in [0.5, 0.6) is 0 Å². The van der Waals surface area contributed by atoms with E-state index in [1.807, 2.05) is 0 Å². The van der Waals surface area contributed by atoms with Crippen LogP contribution in [0.25, 0.3) is 0 Å². The third kappa shape index (κ3) is 1.89. The van der Waals surface area contributed by atoms with Gasteiger partial charge in [0.2, 0.25) is 0 Å². The van der Waals surface area contributed by atoms with Gasteiger partial charge in [-0.05, 0) is 37.8 Å². The molecule has 2 fully saturated rings. The van der Waals surface area contributed by atoms with E-state index in [-0.39, 0.29) is 0 Å². The lowest BCUT2D eigenvalue weighted by molar-refractivity contribution is 0.181. The van der Waals surface area contributed by atoms with Gasteiger partial charge in [0.1, 0.15) is 0 Å². The zero-order valence-electron chi connectivity index (χ0n) is 8.92. The van der Waals surface area contributed by atoms with Crippen molar-refractivity contribution in [1.29, 1.82) is 0 Å². The molecule has 2 saturated heterocycles. The summed E-state index contributed by atoms with van der Waals surface area (Å²) in [4.78, 5) is 2.70. The predicted molar refractivity (Wildman–Crippen MR) is 55.8 cm³/mol. The number of rotatable bonds is 1. The van der Waals surface area contributed by atoms with E-state index in [0.29, 0.717) is 0 Å². The highest BCUT2D eigenvalue weighted by Gasteiger charge is 2.34. The summed E-state index contributed by atoms with van der Waals surface area (Å²) in [7, 11) is 0. The first kappa shape index (κ1) is 9.47. The van der Waals surface area contributed by atoms with Crippen LogP contribution in [0.15, 0.2) is 0 Å². The highest BCUT2D eigenvalue weighted by molar-refractivity contribution is 4.89. The molecule has 2 aliphatic heterocycles. The molecule has 76 valence electrons. The van der Waals surface area contributed by atoms with E-state index < -0.39 is 0 Å². The summed E-state index contributed by atoms with van der Waals surface area (Å²) in [6.45, 7) is 9.78. The summed E-state index contributed by atoms with van der Waals surface area (Å²) in [5.74, 6) is 1.71. The molecule has 0 bridgehead atoms. The van der Waals surface area contributed by atoms with Gasteiger partial charge in [-0.1, -0.05) is 13.8 Å². The SMILES string of the molecule is CC(C)C1CNCCN2CCCC12. The monoisotopic (exact) mass is 182 g/mol. The van der Waals surface area contributed by atoms with Crippen molar-refractivity contribution in [3.63, 3.8) is 0 Å². The second-order valence-electron chi connectivity index (χ2n) is 4.86. The molecular formula is C11H22N2. The van der Waals surface area contributed by atoms with Gasteiger partial charge in [0.15, 0.2) is 0 Å². The predicted octanol–water partition coefficient (Wildman–Crippen LogP) is 1.33. The molecule has 0 spiro atoms. The molecule has 0 aromatic rings. The summed E-state index contributed by atoms with van der Waals surface area (Å²) in [5.41, 5.74) is 0. The molecule has 2 atom stereocenters. The Bertz CT molecular complexity index is 167. The maximum atomic E-state index is 3.57. The summed E-state index contributed by atoms with van der Waals surface area (Å²) in [6, 6.07) is 0.884. The van der Waals surface area contributed by atoms with Crippen LogP contribution in [-0.2, 0) is 0 Å². The lowest BCUT2D eigenvalue weighted by Gasteiger charge is -2.30. The van der Waals surface area contributed by atoms with Gasteiger partial charge < -0.3 is 5.32 Å². The van der Waals surface area contributed by atoms with Crippen LogP contribution in [0.4, 0.5) is 0 Å². The first-order valence-corrected chi connectivity index (χ1v) is 5.74. The third-order valence-electron chi connectivity index (χ3n) is 3.72. The van der Waals surface area contributed by atoms with Crippen molar-refractivity contribution in [3.8, 4) is 0 Å². The number of nitrogens with zero attached hydrogens (tertiary/aromatic N) is 1. The molecule has 2 aliphatic rings. The standard InChI is InChI=1S/C11H22N2/c1-9(2)10-8-12-5-7-13-6-3-4-11(10)13/h9-12H,3-8H2,1-2H3. The molecule has 2 nitrogen and oxygen atoms in total. The van der Waals surface area contributed by atoms with Crippen molar-refractivity contribution in [2.24, 2.45) is 11.8 Å². The van der Waals surface area contributed by atoms with Gasteiger partial charge in [0, 0.05) is 19.1 Å². The van der Waals surface area contributed by atoms with E-state index in [1.54, 1.807) is 0 Å². The van der Waals surface area contributed by atoms with Crippen LogP contribution < -0.4 is 5.32 Å². The highest BCUT2D eigenvalue weighted by Crippen LogP contribution is 2.29. The van der Waals surface area contributed by atoms with Crippen LogP contribution in [0.2, 0.25) is 0 Å². The van der Waals surface area contributed by atoms with Crippen molar-refractivity contribution in [2.45, 2.75) is 32.7 Å². The largest absolute Gasteiger partial charge is 0.315 e. The average Bonchev–Trinajstić information content (AvgIpc) is 2.44. The molecule has 0 aromatic heterocycles. The first-order valence-electron chi connectivity index (χ1n) is 5.74.